The second-order valence-corrected chi connectivity index (χ2v) is 9.61. The third kappa shape index (κ3) is 1.93. The number of carbonyl (C=O) groups excluding carboxylic acids is 2. The van der Waals surface area contributed by atoms with Gasteiger partial charge in [0.15, 0.2) is 11.6 Å². The van der Waals surface area contributed by atoms with Gasteiger partial charge in [0, 0.05) is 11.8 Å². The molecule has 0 amide bonds. The lowest BCUT2D eigenvalue weighted by atomic mass is 9.47. The summed E-state index contributed by atoms with van der Waals surface area (Å²) >= 11 is 0. The number of aliphatic hydroxyl groups is 1. The molecule has 0 aromatic rings. The quantitative estimate of drug-likeness (QED) is 0.719. The van der Waals surface area contributed by atoms with E-state index in [1.165, 1.54) is 18.1 Å². The third-order valence-electron chi connectivity index (χ3n) is 8.53. The Labute approximate surface area is 156 Å². The van der Waals surface area contributed by atoms with Crippen LogP contribution in [-0.2, 0) is 9.59 Å². The van der Waals surface area contributed by atoms with Gasteiger partial charge in [0.25, 0.3) is 0 Å². The Hall–Kier alpha value is -1.48. The number of hydrogen-bond acceptors (Lipinski definition) is 3. The van der Waals surface area contributed by atoms with Gasteiger partial charge >= 0.3 is 0 Å². The van der Waals surface area contributed by atoms with E-state index in [4.69, 9.17) is 0 Å². The topological polar surface area (TPSA) is 54.4 Å². The molecule has 26 heavy (non-hydrogen) atoms. The van der Waals surface area contributed by atoms with Crippen LogP contribution in [0.25, 0.3) is 0 Å². The SMILES string of the molecule is C=C1C[C@@H]2[C@H]3C=C(C)C4=CC(=O)CC[C@@]4(C)[C@@H]3CC[C@]2(C)[C@]1(O)C(C)=O. The number of rotatable bonds is 1. The lowest BCUT2D eigenvalue weighted by molar-refractivity contribution is -0.151. The summed E-state index contributed by atoms with van der Waals surface area (Å²) < 4.78 is 0. The van der Waals surface area contributed by atoms with E-state index in [2.05, 4.69) is 33.4 Å². The maximum Gasteiger partial charge on any atom is 0.166 e. The van der Waals surface area contributed by atoms with Gasteiger partial charge in [-0.25, -0.2) is 0 Å². The van der Waals surface area contributed by atoms with Gasteiger partial charge in [-0.15, -0.1) is 0 Å². The lowest BCUT2D eigenvalue weighted by Crippen LogP contribution is -2.57. The Morgan fingerprint density at radius 2 is 1.96 bits per heavy atom. The van der Waals surface area contributed by atoms with Crippen LogP contribution >= 0.6 is 0 Å². The Kier molecular flexibility index (Phi) is 3.64. The van der Waals surface area contributed by atoms with Crippen molar-refractivity contribution >= 4 is 11.6 Å². The lowest BCUT2D eigenvalue weighted by Gasteiger charge is -2.57. The molecule has 0 spiro atoms. The fourth-order valence-electron chi connectivity index (χ4n) is 7.04. The zero-order valence-corrected chi connectivity index (χ0v) is 16.4. The maximum absolute atomic E-state index is 12.4. The van der Waals surface area contributed by atoms with Crippen molar-refractivity contribution in [2.24, 2.45) is 28.6 Å². The predicted octanol–water partition coefficient (Wildman–Crippen LogP) is 4.17. The Morgan fingerprint density at radius 3 is 2.62 bits per heavy atom. The highest BCUT2D eigenvalue weighted by molar-refractivity contribution is 5.93. The molecule has 2 saturated carbocycles. The monoisotopic (exact) mass is 354 g/mol. The number of allylic oxidation sites excluding steroid dienone is 4. The van der Waals surface area contributed by atoms with Crippen LogP contribution < -0.4 is 0 Å². The highest BCUT2D eigenvalue weighted by Crippen LogP contribution is 2.67. The molecule has 2 fully saturated rings. The van der Waals surface area contributed by atoms with E-state index < -0.39 is 11.0 Å². The predicted molar refractivity (Wildman–Crippen MR) is 101 cm³/mol. The van der Waals surface area contributed by atoms with Gasteiger partial charge in [-0.3, -0.25) is 9.59 Å². The Morgan fingerprint density at radius 1 is 1.27 bits per heavy atom. The number of hydrogen-bond donors (Lipinski definition) is 1. The van der Waals surface area contributed by atoms with Crippen molar-refractivity contribution in [2.75, 3.05) is 0 Å². The first-order chi connectivity index (χ1) is 12.1. The van der Waals surface area contributed by atoms with Crippen molar-refractivity contribution < 1.29 is 14.7 Å². The van der Waals surface area contributed by atoms with Crippen molar-refractivity contribution in [3.63, 3.8) is 0 Å². The molecular formula is C23H30O3. The van der Waals surface area contributed by atoms with Gasteiger partial charge in [-0.05, 0) is 79.9 Å². The van der Waals surface area contributed by atoms with Gasteiger partial charge in [-0.1, -0.05) is 32.1 Å². The van der Waals surface area contributed by atoms with Crippen LogP contribution in [-0.4, -0.2) is 22.3 Å². The van der Waals surface area contributed by atoms with E-state index in [1.807, 2.05) is 6.08 Å². The molecule has 0 aromatic heterocycles. The molecule has 4 rings (SSSR count). The fraction of sp³-hybridized carbons (Fsp3) is 0.652. The van der Waals surface area contributed by atoms with E-state index in [1.54, 1.807) is 0 Å². The second-order valence-electron chi connectivity index (χ2n) is 9.61. The molecule has 140 valence electrons. The molecule has 0 aliphatic heterocycles. The molecule has 0 unspecified atom stereocenters. The van der Waals surface area contributed by atoms with E-state index in [0.717, 1.165) is 19.3 Å². The van der Waals surface area contributed by atoms with Gasteiger partial charge in [0.1, 0.15) is 5.60 Å². The molecule has 0 radical (unpaired) electrons. The van der Waals surface area contributed by atoms with Gasteiger partial charge in [0.2, 0.25) is 0 Å². The molecule has 1 N–H and O–H groups in total. The Balaban J connectivity index is 1.83. The summed E-state index contributed by atoms with van der Waals surface area (Å²) in [7, 11) is 0. The van der Waals surface area contributed by atoms with Crippen LogP contribution in [0.2, 0.25) is 0 Å². The molecule has 0 saturated heterocycles. The number of ketones is 2. The van der Waals surface area contributed by atoms with E-state index >= 15 is 0 Å². The van der Waals surface area contributed by atoms with Crippen LogP contribution in [0.15, 0.2) is 35.5 Å². The van der Waals surface area contributed by atoms with Crippen molar-refractivity contribution in [3.05, 3.63) is 35.5 Å². The molecule has 6 atom stereocenters. The summed E-state index contributed by atoms with van der Waals surface area (Å²) in [4.78, 5) is 24.4. The fourth-order valence-corrected chi connectivity index (χ4v) is 7.04. The van der Waals surface area contributed by atoms with Crippen LogP contribution in [0.3, 0.4) is 0 Å². The molecular weight excluding hydrogens is 324 g/mol. The summed E-state index contributed by atoms with van der Waals surface area (Å²) in [5.74, 6) is 1.09. The molecule has 4 aliphatic rings. The normalized spacial score (nSPS) is 47.5. The van der Waals surface area contributed by atoms with E-state index in [9.17, 15) is 14.7 Å². The van der Waals surface area contributed by atoms with Crippen molar-refractivity contribution in [2.45, 2.75) is 65.4 Å². The molecule has 0 bridgehead atoms. The average molecular weight is 354 g/mol. The summed E-state index contributed by atoms with van der Waals surface area (Å²) in [5.41, 5.74) is 1.29. The summed E-state index contributed by atoms with van der Waals surface area (Å²) in [6, 6.07) is 0. The molecule has 0 aromatic carbocycles. The molecule has 3 heteroatoms. The average Bonchev–Trinajstić information content (AvgIpc) is 2.78. The smallest absolute Gasteiger partial charge is 0.166 e. The minimum Gasteiger partial charge on any atom is -0.377 e. The van der Waals surface area contributed by atoms with Crippen molar-refractivity contribution in [1.82, 2.24) is 0 Å². The number of Topliss-reactive ketones (excluding diaryl/α,β-unsaturated/α-hetero) is 1. The maximum atomic E-state index is 12.4. The van der Waals surface area contributed by atoms with Crippen LogP contribution in [0.1, 0.15) is 59.8 Å². The van der Waals surface area contributed by atoms with Gasteiger partial charge in [-0.2, -0.15) is 0 Å². The zero-order valence-electron chi connectivity index (χ0n) is 16.4. The van der Waals surface area contributed by atoms with Crippen LogP contribution in [0, 0.1) is 28.6 Å². The minimum absolute atomic E-state index is 0.0248. The summed E-state index contributed by atoms with van der Waals surface area (Å²) in [5, 5.41) is 11.4. The molecule has 4 aliphatic carbocycles. The largest absolute Gasteiger partial charge is 0.377 e. The number of carbonyl (C=O) groups is 2. The molecule has 0 heterocycles. The van der Waals surface area contributed by atoms with E-state index in [0.29, 0.717) is 30.3 Å². The Bertz CT molecular complexity index is 787. The standard InChI is InChI=1S/C23H30O3/c1-13-10-17-18(21(4)8-6-16(25)12-19(13)21)7-9-22(5)20(17)11-14(2)23(22,26)15(3)24/h10,12,17-18,20,26H,2,6-9,11H2,1,3-5H3/t17-,18+,20+,21-,22-,23+/m0/s1. The van der Waals surface area contributed by atoms with E-state index in [-0.39, 0.29) is 22.9 Å². The first-order valence-electron chi connectivity index (χ1n) is 9.91. The van der Waals surface area contributed by atoms with Crippen molar-refractivity contribution in [1.29, 1.82) is 0 Å². The minimum atomic E-state index is -1.40. The second kappa shape index (κ2) is 5.28. The van der Waals surface area contributed by atoms with Crippen LogP contribution in [0.5, 0.6) is 0 Å². The first-order valence-corrected chi connectivity index (χ1v) is 9.91. The highest BCUT2D eigenvalue weighted by Gasteiger charge is 2.66. The van der Waals surface area contributed by atoms with Gasteiger partial charge < -0.3 is 5.11 Å². The summed E-state index contributed by atoms with van der Waals surface area (Å²) in [6.45, 7) is 12.1. The number of fused-ring (bicyclic) bond motifs is 5. The molecule has 3 nitrogen and oxygen atoms in total. The van der Waals surface area contributed by atoms with Crippen LogP contribution in [0.4, 0.5) is 0 Å². The zero-order chi connectivity index (χ0) is 19.1. The highest BCUT2D eigenvalue weighted by atomic mass is 16.3. The van der Waals surface area contributed by atoms with Crippen molar-refractivity contribution in [3.8, 4) is 0 Å². The third-order valence-corrected chi connectivity index (χ3v) is 8.53. The first kappa shape index (κ1) is 17.9. The van der Waals surface area contributed by atoms with Gasteiger partial charge in [0.05, 0.1) is 0 Å². The summed E-state index contributed by atoms with van der Waals surface area (Å²) in [6.07, 6.45) is 8.26.